The Morgan fingerprint density at radius 2 is 1.96 bits per heavy atom. The van der Waals surface area contributed by atoms with Crippen molar-refractivity contribution >= 4 is 5.96 Å². The molecule has 0 bridgehead atoms. The molecule has 2 aromatic rings. The summed E-state index contributed by atoms with van der Waals surface area (Å²) < 4.78 is 10.7. The van der Waals surface area contributed by atoms with E-state index in [1.165, 1.54) is 5.56 Å². The zero-order chi connectivity index (χ0) is 16.7. The normalized spacial score (nSPS) is 11.6. The zero-order valence-electron chi connectivity index (χ0n) is 14.1. The maximum absolute atomic E-state index is 5.54. The molecular formula is C17H24N4O2. The monoisotopic (exact) mass is 316 g/mol. The van der Waals surface area contributed by atoms with Crippen molar-refractivity contribution in [2.75, 3.05) is 14.2 Å². The average Bonchev–Trinajstić information content (AvgIpc) is 2.87. The van der Waals surface area contributed by atoms with Gasteiger partial charge in [0.1, 0.15) is 5.76 Å². The van der Waals surface area contributed by atoms with Gasteiger partial charge in [0.15, 0.2) is 5.96 Å². The Labute approximate surface area is 137 Å². The molecule has 0 unspecified atom stereocenters. The average molecular weight is 316 g/mol. The van der Waals surface area contributed by atoms with E-state index in [1.807, 2.05) is 26.0 Å². The highest BCUT2D eigenvalue weighted by atomic mass is 16.5. The minimum Gasteiger partial charge on any atom is -0.444 e. The molecule has 0 fully saturated rings. The van der Waals surface area contributed by atoms with Gasteiger partial charge in [-0.05, 0) is 25.0 Å². The van der Waals surface area contributed by atoms with Gasteiger partial charge in [-0.15, -0.1) is 0 Å². The fourth-order valence-corrected chi connectivity index (χ4v) is 2.18. The Balaban J connectivity index is 1.86. The van der Waals surface area contributed by atoms with Gasteiger partial charge in [0.25, 0.3) is 0 Å². The smallest absolute Gasteiger partial charge is 0.214 e. The minimum absolute atomic E-state index is 0.498. The number of aryl methyl sites for hydroxylation is 2. The summed E-state index contributed by atoms with van der Waals surface area (Å²) in [5.41, 5.74) is 3.24. The Morgan fingerprint density at radius 1 is 1.22 bits per heavy atom. The summed E-state index contributed by atoms with van der Waals surface area (Å²) >= 11 is 0. The van der Waals surface area contributed by atoms with Crippen LogP contribution in [-0.4, -0.2) is 25.1 Å². The van der Waals surface area contributed by atoms with E-state index in [9.17, 15) is 0 Å². The first-order chi connectivity index (χ1) is 11.1. The number of ether oxygens (including phenoxy) is 1. The number of nitrogens with zero attached hydrogens (tertiary/aromatic N) is 2. The van der Waals surface area contributed by atoms with Gasteiger partial charge in [0.2, 0.25) is 5.89 Å². The molecule has 0 aliphatic rings. The molecule has 1 aromatic carbocycles. The minimum atomic E-state index is 0.498. The number of benzene rings is 1. The van der Waals surface area contributed by atoms with Crippen LogP contribution < -0.4 is 10.6 Å². The summed E-state index contributed by atoms with van der Waals surface area (Å²) in [5, 5.41) is 6.47. The van der Waals surface area contributed by atoms with Crippen LogP contribution in [-0.2, 0) is 24.4 Å². The quantitative estimate of drug-likeness (QED) is 0.632. The first-order valence-corrected chi connectivity index (χ1v) is 7.56. The number of aliphatic imine (C=N–C) groups is 1. The molecular weight excluding hydrogens is 292 g/mol. The largest absolute Gasteiger partial charge is 0.444 e. The summed E-state index contributed by atoms with van der Waals surface area (Å²) in [6.45, 7) is 5.64. The molecule has 0 aliphatic heterocycles. The molecule has 0 radical (unpaired) electrons. The van der Waals surface area contributed by atoms with Gasteiger partial charge >= 0.3 is 0 Å². The SMILES string of the molecule is CN=C(NCc1cccc(COC)c1)NCc1nc(C)c(C)o1. The van der Waals surface area contributed by atoms with Crippen molar-refractivity contribution in [2.45, 2.75) is 33.5 Å². The lowest BCUT2D eigenvalue weighted by atomic mass is 10.1. The first kappa shape index (κ1) is 17.0. The summed E-state index contributed by atoms with van der Waals surface area (Å²) in [5.74, 6) is 2.21. The van der Waals surface area contributed by atoms with Crippen LogP contribution in [0.2, 0.25) is 0 Å². The Kier molecular flexibility index (Phi) is 6.17. The second-order valence-electron chi connectivity index (χ2n) is 5.28. The number of aromatic nitrogens is 1. The standard InChI is InChI=1S/C17H24N4O2/c1-12-13(2)23-16(21-12)10-20-17(18-3)19-9-14-6-5-7-15(8-14)11-22-4/h5-8H,9-11H2,1-4H3,(H2,18,19,20). The summed E-state index contributed by atoms with van der Waals surface area (Å²) in [4.78, 5) is 8.55. The van der Waals surface area contributed by atoms with Crippen LogP contribution >= 0.6 is 0 Å². The lowest BCUT2D eigenvalue weighted by molar-refractivity contribution is 0.185. The van der Waals surface area contributed by atoms with Crippen LogP contribution in [0.5, 0.6) is 0 Å². The van der Waals surface area contributed by atoms with Gasteiger partial charge < -0.3 is 19.8 Å². The summed E-state index contributed by atoms with van der Waals surface area (Å²) in [6.07, 6.45) is 0. The van der Waals surface area contributed by atoms with Crippen LogP contribution in [0.4, 0.5) is 0 Å². The zero-order valence-corrected chi connectivity index (χ0v) is 14.1. The van der Waals surface area contributed by atoms with Crippen LogP contribution in [0.25, 0.3) is 0 Å². The van der Waals surface area contributed by atoms with E-state index in [1.54, 1.807) is 14.2 Å². The predicted octanol–water partition coefficient (Wildman–Crippen LogP) is 2.30. The molecule has 0 spiro atoms. The van der Waals surface area contributed by atoms with E-state index in [0.29, 0.717) is 31.5 Å². The highest BCUT2D eigenvalue weighted by Gasteiger charge is 2.06. The third-order valence-electron chi connectivity index (χ3n) is 3.47. The molecule has 2 rings (SSSR count). The molecule has 0 saturated carbocycles. The van der Waals surface area contributed by atoms with Gasteiger partial charge in [-0.3, -0.25) is 4.99 Å². The molecule has 23 heavy (non-hydrogen) atoms. The Bertz CT molecular complexity index is 645. The summed E-state index contributed by atoms with van der Waals surface area (Å²) in [6, 6.07) is 8.26. The van der Waals surface area contributed by atoms with Gasteiger partial charge in [-0.1, -0.05) is 24.3 Å². The second kappa shape index (κ2) is 8.33. The highest BCUT2D eigenvalue weighted by molar-refractivity contribution is 5.79. The van der Waals surface area contributed by atoms with E-state index in [-0.39, 0.29) is 0 Å². The van der Waals surface area contributed by atoms with Crippen molar-refractivity contribution < 1.29 is 9.15 Å². The van der Waals surface area contributed by atoms with Crippen molar-refractivity contribution in [3.05, 3.63) is 52.7 Å². The van der Waals surface area contributed by atoms with E-state index < -0.39 is 0 Å². The van der Waals surface area contributed by atoms with Crippen LogP contribution in [0.15, 0.2) is 33.7 Å². The number of methoxy groups -OCH3 is 1. The number of hydrogen-bond acceptors (Lipinski definition) is 4. The maximum Gasteiger partial charge on any atom is 0.214 e. The van der Waals surface area contributed by atoms with Crippen LogP contribution in [0.3, 0.4) is 0 Å². The first-order valence-electron chi connectivity index (χ1n) is 7.56. The topological polar surface area (TPSA) is 71.7 Å². The molecule has 0 aliphatic carbocycles. The molecule has 1 heterocycles. The van der Waals surface area contributed by atoms with E-state index in [4.69, 9.17) is 9.15 Å². The third kappa shape index (κ3) is 5.10. The van der Waals surface area contributed by atoms with Gasteiger partial charge in [-0.2, -0.15) is 0 Å². The molecule has 6 heteroatoms. The number of oxazole rings is 1. The molecule has 1 aromatic heterocycles. The van der Waals surface area contributed by atoms with Gasteiger partial charge in [0.05, 0.1) is 18.8 Å². The Morgan fingerprint density at radius 3 is 2.61 bits per heavy atom. The molecule has 0 atom stereocenters. The molecule has 0 amide bonds. The second-order valence-corrected chi connectivity index (χ2v) is 5.28. The predicted molar refractivity (Wildman–Crippen MR) is 90.2 cm³/mol. The molecule has 2 N–H and O–H groups in total. The van der Waals surface area contributed by atoms with Crippen molar-refractivity contribution in [1.82, 2.24) is 15.6 Å². The van der Waals surface area contributed by atoms with E-state index in [2.05, 4.69) is 32.7 Å². The van der Waals surface area contributed by atoms with Crippen molar-refractivity contribution in [3.8, 4) is 0 Å². The number of nitrogens with one attached hydrogen (secondary N) is 2. The van der Waals surface area contributed by atoms with E-state index in [0.717, 1.165) is 17.0 Å². The van der Waals surface area contributed by atoms with Crippen molar-refractivity contribution in [2.24, 2.45) is 4.99 Å². The number of guanidine groups is 1. The number of rotatable bonds is 6. The number of hydrogen-bond donors (Lipinski definition) is 2. The molecule has 0 saturated heterocycles. The summed E-state index contributed by atoms with van der Waals surface area (Å²) in [7, 11) is 3.44. The van der Waals surface area contributed by atoms with E-state index >= 15 is 0 Å². The third-order valence-corrected chi connectivity index (χ3v) is 3.47. The molecule has 124 valence electrons. The fourth-order valence-electron chi connectivity index (χ4n) is 2.18. The van der Waals surface area contributed by atoms with Crippen LogP contribution in [0, 0.1) is 13.8 Å². The lowest BCUT2D eigenvalue weighted by Gasteiger charge is -2.11. The highest BCUT2D eigenvalue weighted by Crippen LogP contribution is 2.08. The lowest BCUT2D eigenvalue weighted by Crippen LogP contribution is -2.36. The Hall–Kier alpha value is -2.34. The molecule has 6 nitrogen and oxygen atoms in total. The van der Waals surface area contributed by atoms with Gasteiger partial charge in [-0.25, -0.2) is 4.98 Å². The maximum atomic E-state index is 5.54. The van der Waals surface area contributed by atoms with Crippen LogP contribution in [0.1, 0.15) is 28.5 Å². The van der Waals surface area contributed by atoms with Crippen molar-refractivity contribution in [1.29, 1.82) is 0 Å². The fraction of sp³-hybridized carbons (Fsp3) is 0.412. The van der Waals surface area contributed by atoms with Crippen molar-refractivity contribution in [3.63, 3.8) is 0 Å². The van der Waals surface area contributed by atoms with Gasteiger partial charge in [0, 0.05) is 20.7 Å².